The molecule has 0 heterocycles. The van der Waals surface area contributed by atoms with E-state index in [1.54, 1.807) is 0 Å². The number of hydrogen-bond donors (Lipinski definition) is 1. The normalized spacial score (nSPS) is 10.9. The van der Waals surface area contributed by atoms with E-state index in [0.29, 0.717) is 18.7 Å². The third-order valence-electron chi connectivity index (χ3n) is 1.84. The van der Waals surface area contributed by atoms with E-state index in [4.69, 9.17) is 0 Å². The highest BCUT2D eigenvalue weighted by Gasteiger charge is 2.12. The second-order valence-corrected chi connectivity index (χ2v) is 6.70. The van der Waals surface area contributed by atoms with E-state index in [2.05, 4.69) is 5.32 Å². The van der Waals surface area contributed by atoms with E-state index < -0.39 is 15.9 Å². The van der Waals surface area contributed by atoms with Gasteiger partial charge in [0.25, 0.3) is 0 Å². The van der Waals surface area contributed by atoms with Crippen molar-refractivity contribution in [1.29, 1.82) is 0 Å². The molecule has 0 spiro atoms. The Balaban J connectivity index is 3.87. The molecule has 3 amide bonds. The van der Waals surface area contributed by atoms with Crippen LogP contribution in [-0.4, -0.2) is 62.9 Å². The maximum atomic E-state index is 11.4. The highest BCUT2D eigenvalue weighted by Crippen LogP contribution is 1.94. The molecule has 0 aliphatic carbocycles. The van der Waals surface area contributed by atoms with Crippen molar-refractivity contribution in [2.45, 2.75) is 6.42 Å². The van der Waals surface area contributed by atoms with Crippen molar-refractivity contribution in [3.8, 4) is 0 Å². The Morgan fingerprint density at radius 1 is 1.47 bits per heavy atom. The molecular weight excluding hydrogens is 264 g/mol. The summed E-state index contributed by atoms with van der Waals surface area (Å²) in [6, 6.07) is -0.539. The first-order valence-electron chi connectivity index (χ1n) is 5.00. The van der Waals surface area contributed by atoms with Crippen molar-refractivity contribution in [1.82, 2.24) is 10.2 Å². The predicted molar refractivity (Wildman–Crippen MR) is 68.5 cm³/mol. The highest BCUT2D eigenvalue weighted by molar-refractivity contribution is 7.98. The lowest BCUT2D eigenvalue weighted by Gasteiger charge is -2.14. The first-order valence-corrected chi connectivity index (χ1v) is 8.46. The van der Waals surface area contributed by atoms with Crippen molar-refractivity contribution in [2.24, 2.45) is 0 Å². The number of thioether (sulfide) groups is 1. The predicted octanol–water partition coefficient (Wildman–Crippen LogP) is -0.137. The lowest BCUT2D eigenvalue weighted by atomic mass is 10.5. The summed E-state index contributed by atoms with van der Waals surface area (Å²) in [6.45, 7) is 0.520. The number of nitrogens with zero attached hydrogens (tertiary/aromatic N) is 1. The molecule has 0 aliphatic rings. The van der Waals surface area contributed by atoms with E-state index in [0.717, 1.165) is 11.2 Å². The van der Waals surface area contributed by atoms with Gasteiger partial charge < -0.3 is 5.32 Å². The van der Waals surface area contributed by atoms with Gasteiger partial charge in [-0.2, -0.15) is 11.8 Å². The molecule has 17 heavy (non-hydrogen) atoms. The zero-order valence-corrected chi connectivity index (χ0v) is 11.6. The summed E-state index contributed by atoms with van der Waals surface area (Å²) >= 11 is 1.51. The third kappa shape index (κ3) is 8.99. The van der Waals surface area contributed by atoms with Gasteiger partial charge in [0, 0.05) is 25.1 Å². The minimum absolute atomic E-state index is 0.0168. The largest absolute Gasteiger partial charge is 0.338 e. The molecule has 1 radical (unpaired) electrons. The SMILES string of the molecule is CSCCN([C]=O)C(=O)NCCCS(C)(=O)=O. The van der Waals surface area contributed by atoms with Crippen LogP contribution in [0.2, 0.25) is 0 Å². The fourth-order valence-corrected chi connectivity index (χ4v) is 2.03. The van der Waals surface area contributed by atoms with Gasteiger partial charge in [-0.1, -0.05) is 0 Å². The van der Waals surface area contributed by atoms with Crippen LogP contribution in [0.5, 0.6) is 0 Å². The molecular formula is C9H17N2O4S2. The van der Waals surface area contributed by atoms with Crippen LogP contribution in [-0.2, 0) is 14.6 Å². The summed E-state index contributed by atoms with van der Waals surface area (Å²) < 4.78 is 21.6. The molecule has 6 nitrogen and oxygen atoms in total. The average Bonchev–Trinajstić information content (AvgIpc) is 2.24. The van der Waals surface area contributed by atoms with E-state index in [-0.39, 0.29) is 12.3 Å². The third-order valence-corrected chi connectivity index (χ3v) is 3.46. The van der Waals surface area contributed by atoms with Crippen molar-refractivity contribution in [3.63, 3.8) is 0 Å². The van der Waals surface area contributed by atoms with Crippen LogP contribution in [0.15, 0.2) is 0 Å². The monoisotopic (exact) mass is 281 g/mol. The average molecular weight is 281 g/mol. The van der Waals surface area contributed by atoms with E-state index in [1.807, 2.05) is 6.26 Å². The molecule has 0 aliphatic heterocycles. The van der Waals surface area contributed by atoms with Gasteiger partial charge in [0.15, 0.2) is 0 Å². The molecule has 8 heteroatoms. The maximum absolute atomic E-state index is 11.4. The van der Waals surface area contributed by atoms with Gasteiger partial charge in [-0.3, -0.25) is 9.69 Å². The highest BCUT2D eigenvalue weighted by atomic mass is 32.2. The van der Waals surface area contributed by atoms with Gasteiger partial charge >= 0.3 is 12.4 Å². The number of carbonyl (C=O) groups excluding carboxylic acids is 2. The minimum atomic E-state index is -3.01. The number of nitrogens with one attached hydrogen (secondary N) is 1. The molecule has 0 aromatic carbocycles. The van der Waals surface area contributed by atoms with Gasteiger partial charge in [-0.05, 0) is 12.7 Å². The molecule has 0 atom stereocenters. The van der Waals surface area contributed by atoms with Crippen molar-refractivity contribution in [2.75, 3.05) is 37.1 Å². The molecule has 0 fully saturated rings. The summed E-state index contributed by atoms with van der Waals surface area (Å²) in [7, 11) is -3.01. The quantitative estimate of drug-likeness (QED) is 0.495. The Bertz CT molecular complexity index is 343. The minimum Gasteiger partial charge on any atom is -0.338 e. The maximum Gasteiger partial charge on any atom is 0.324 e. The Hall–Kier alpha value is -0.760. The van der Waals surface area contributed by atoms with E-state index >= 15 is 0 Å². The second kappa shape index (κ2) is 8.35. The summed E-state index contributed by atoms with van der Waals surface area (Å²) in [4.78, 5) is 22.8. The van der Waals surface area contributed by atoms with Gasteiger partial charge in [-0.25, -0.2) is 13.2 Å². The number of sulfone groups is 1. The number of imide groups is 1. The first-order chi connectivity index (χ1) is 7.90. The summed E-state index contributed by atoms with van der Waals surface area (Å²) in [5.41, 5.74) is 0. The van der Waals surface area contributed by atoms with E-state index in [1.165, 1.54) is 18.2 Å². The fraction of sp³-hybridized carbons (Fsp3) is 0.778. The Morgan fingerprint density at radius 2 is 2.12 bits per heavy atom. The van der Waals surface area contributed by atoms with Gasteiger partial charge in [-0.15, -0.1) is 0 Å². The molecule has 1 N–H and O–H groups in total. The van der Waals surface area contributed by atoms with Crippen LogP contribution in [0.4, 0.5) is 4.79 Å². The molecule has 99 valence electrons. The molecule has 0 saturated carbocycles. The smallest absolute Gasteiger partial charge is 0.324 e. The lowest BCUT2D eigenvalue weighted by molar-refractivity contribution is 0.221. The first kappa shape index (κ1) is 16.2. The zero-order valence-electron chi connectivity index (χ0n) is 9.93. The summed E-state index contributed by atoms with van der Waals surface area (Å²) in [5, 5.41) is 2.47. The van der Waals surface area contributed by atoms with Crippen LogP contribution in [0.1, 0.15) is 6.42 Å². The van der Waals surface area contributed by atoms with Gasteiger partial charge in [0.05, 0.1) is 5.75 Å². The van der Waals surface area contributed by atoms with Crippen LogP contribution in [0, 0.1) is 0 Å². The second-order valence-electron chi connectivity index (χ2n) is 3.45. The summed E-state index contributed by atoms with van der Waals surface area (Å²) in [6.07, 6.45) is 4.87. The standard InChI is InChI=1S/C9H17N2O4S2/c1-16-6-5-11(8-12)9(13)10-4-3-7-17(2,14)15/h3-7H2,1-2H3,(H,10,13). The number of urea groups is 1. The molecule has 0 aromatic rings. The molecule has 0 unspecified atom stereocenters. The van der Waals surface area contributed by atoms with Gasteiger partial charge in [0.2, 0.25) is 0 Å². The topological polar surface area (TPSA) is 83.6 Å². The Kier molecular flexibility index (Phi) is 7.98. The van der Waals surface area contributed by atoms with E-state index in [9.17, 15) is 18.0 Å². The Morgan fingerprint density at radius 3 is 2.59 bits per heavy atom. The van der Waals surface area contributed by atoms with Crippen LogP contribution in [0.25, 0.3) is 0 Å². The number of rotatable bonds is 8. The molecule has 0 bridgehead atoms. The van der Waals surface area contributed by atoms with Crippen LogP contribution in [0.3, 0.4) is 0 Å². The molecule has 0 rings (SSSR count). The van der Waals surface area contributed by atoms with Crippen molar-refractivity contribution >= 4 is 34.0 Å². The number of carbonyl (C=O) groups is 1. The van der Waals surface area contributed by atoms with Crippen molar-refractivity contribution in [3.05, 3.63) is 0 Å². The number of hydrogen-bond acceptors (Lipinski definition) is 5. The van der Waals surface area contributed by atoms with Crippen LogP contribution < -0.4 is 5.32 Å². The fourth-order valence-electron chi connectivity index (χ4n) is 0.996. The van der Waals surface area contributed by atoms with Crippen LogP contribution >= 0.6 is 11.8 Å². The Labute approximate surface area is 106 Å². The van der Waals surface area contributed by atoms with Gasteiger partial charge in [0.1, 0.15) is 9.84 Å². The number of amides is 3. The lowest BCUT2D eigenvalue weighted by Crippen LogP contribution is -2.40. The molecule has 0 aromatic heterocycles. The van der Waals surface area contributed by atoms with Crippen molar-refractivity contribution < 1.29 is 18.0 Å². The molecule has 0 saturated heterocycles. The zero-order chi connectivity index (χ0) is 13.3. The summed E-state index contributed by atoms with van der Waals surface area (Å²) in [5.74, 6) is 0.662.